The summed E-state index contributed by atoms with van der Waals surface area (Å²) in [6.07, 6.45) is 5.02. The van der Waals surface area contributed by atoms with E-state index in [0.717, 1.165) is 16.7 Å². The number of piperazine rings is 1. The van der Waals surface area contributed by atoms with Crippen LogP contribution in [0.25, 0.3) is 10.9 Å². The maximum absolute atomic E-state index is 11.8. The second-order valence-corrected chi connectivity index (χ2v) is 7.42. The van der Waals surface area contributed by atoms with E-state index in [-0.39, 0.29) is 0 Å². The Labute approximate surface area is 174 Å². The highest BCUT2D eigenvalue weighted by molar-refractivity contribution is 5.89. The van der Waals surface area contributed by atoms with E-state index in [0.29, 0.717) is 37.8 Å². The van der Waals surface area contributed by atoms with Crippen molar-refractivity contribution in [1.82, 2.24) is 20.2 Å². The normalized spacial score (nSPS) is 17.2. The fourth-order valence-corrected chi connectivity index (χ4v) is 3.70. The van der Waals surface area contributed by atoms with E-state index in [1.807, 2.05) is 12.1 Å². The van der Waals surface area contributed by atoms with Crippen molar-refractivity contribution in [3.05, 3.63) is 30.1 Å². The van der Waals surface area contributed by atoms with Crippen molar-refractivity contribution in [3.63, 3.8) is 0 Å². The Hall–Kier alpha value is -2.86. The molecule has 2 aromatic rings. The number of nitriles is 1. The molecule has 0 spiro atoms. The summed E-state index contributed by atoms with van der Waals surface area (Å²) in [6.45, 7) is 2.00. The topological polar surface area (TPSA) is 93.9 Å². The standard InChI is InChI=1S/C15H16N4.C6H10F2N2O/c16-9-11-6-7-14-13(8-11)15(18-10-17-14)19-12-4-2-1-3-5-12;7-5(8)6(11)10-3-1-9-2-4-10/h6-8,10,12H,1-5H2,(H,17,18,19);5,9H,1-4H2. The van der Waals surface area contributed by atoms with Crippen LogP contribution in [0.5, 0.6) is 0 Å². The predicted octanol–water partition coefficient (Wildman–Crippen LogP) is 2.93. The Morgan fingerprint density at radius 3 is 2.60 bits per heavy atom. The Morgan fingerprint density at radius 2 is 1.93 bits per heavy atom. The van der Waals surface area contributed by atoms with E-state index in [2.05, 4.69) is 26.7 Å². The number of carbonyl (C=O) groups excluding carboxylic acids is 1. The number of alkyl halides is 2. The third-order valence-corrected chi connectivity index (χ3v) is 5.33. The summed E-state index contributed by atoms with van der Waals surface area (Å²) in [7, 11) is 0. The predicted molar refractivity (Wildman–Crippen MR) is 110 cm³/mol. The lowest BCUT2D eigenvalue weighted by Gasteiger charge is -2.26. The van der Waals surface area contributed by atoms with Crippen molar-refractivity contribution in [2.45, 2.75) is 44.6 Å². The van der Waals surface area contributed by atoms with Gasteiger partial charge in [0.2, 0.25) is 0 Å². The zero-order valence-corrected chi connectivity index (χ0v) is 16.8. The quantitative estimate of drug-likeness (QED) is 0.799. The van der Waals surface area contributed by atoms with Crippen LogP contribution in [0.15, 0.2) is 24.5 Å². The molecule has 1 saturated heterocycles. The van der Waals surface area contributed by atoms with Gasteiger partial charge in [0.1, 0.15) is 12.1 Å². The summed E-state index contributed by atoms with van der Waals surface area (Å²) in [4.78, 5) is 20.4. The number of hydrogen-bond acceptors (Lipinski definition) is 6. The zero-order valence-electron chi connectivity index (χ0n) is 16.8. The number of nitrogens with one attached hydrogen (secondary N) is 2. The number of fused-ring (bicyclic) bond motifs is 1. The number of benzene rings is 1. The monoisotopic (exact) mass is 416 g/mol. The van der Waals surface area contributed by atoms with Crippen LogP contribution < -0.4 is 10.6 Å². The molecule has 160 valence electrons. The van der Waals surface area contributed by atoms with Gasteiger partial charge < -0.3 is 15.5 Å². The van der Waals surface area contributed by atoms with Crippen LogP contribution >= 0.6 is 0 Å². The first-order valence-electron chi connectivity index (χ1n) is 10.3. The average Bonchev–Trinajstić information content (AvgIpc) is 2.80. The van der Waals surface area contributed by atoms with E-state index in [1.54, 1.807) is 12.4 Å². The fraction of sp³-hybridized carbons (Fsp3) is 0.524. The molecule has 2 heterocycles. The van der Waals surface area contributed by atoms with Crippen molar-refractivity contribution in [2.24, 2.45) is 0 Å². The van der Waals surface area contributed by atoms with Gasteiger partial charge in [-0.25, -0.2) is 9.97 Å². The third-order valence-electron chi connectivity index (χ3n) is 5.33. The summed E-state index contributed by atoms with van der Waals surface area (Å²) in [5.41, 5.74) is 1.53. The summed E-state index contributed by atoms with van der Waals surface area (Å²) < 4.78 is 23.6. The van der Waals surface area contributed by atoms with E-state index in [4.69, 9.17) is 5.26 Å². The van der Waals surface area contributed by atoms with Crippen molar-refractivity contribution in [2.75, 3.05) is 31.5 Å². The Balaban J connectivity index is 0.000000199. The van der Waals surface area contributed by atoms with Crippen molar-refractivity contribution in [3.8, 4) is 6.07 Å². The van der Waals surface area contributed by atoms with Gasteiger partial charge in [-0.1, -0.05) is 19.3 Å². The number of aromatic nitrogens is 2. The molecule has 1 aliphatic heterocycles. The summed E-state index contributed by atoms with van der Waals surface area (Å²) in [5.74, 6) is -0.194. The zero-order chi connectivity index (χ0) is 21.3. The molecule has 2 fully saturated rings. The number of rotatable bonds is 3. The summed E-state index contributed by atoms with van der Waals surface area (Å²) in [6, 6.07) is 8.19. The highest BCUT2D eigenvalue weighted by Gasteiger charge is 2.23. The molecule has 1 aromatic heterocycles. The van der Waals surface area contributed by atoms with Crippen molar-refractivity contribution < 1.29 is 13.6 Å². The van der Waals surface area contributed by atoms with Crippen LogP contribution in [-0.2, 0) is 4.79 Å². The van der Waals surface area contributed by atoms with Gasteiger partial charge in [0, 0.05) is 37.6 Å². The van der Waals surface area contributed by atoms with Crippen LogP contribution in [0.2, 0.25) is 0 Å². The first kappa shape index (κ1) is 21.8. The SMILES string of the molecule is N#Cc1ccc2ncnc(NC3CCCCC3)c2c1.O=C(C(F)F)N1CCNCC1. The Morgan fingerprint density at radius 1 is 1.20 bits per heavy atom. The molecular weight excluding hydrogens is 390 g/mol. The van der Waals surface area contributed by atoms with Gasteiger partial charge >= 0.3 is 6.43 Å². The minimum Gasteiger partial charge on any atom is -0.367 e. The highest BCUT2D eigenvalue weighted by atomic mass is 19.3. The minimum absolute atomic E-state index is 0.392. The van der Waals surface area contributed by atoms with Crippen LogP contribution in [0.1, 0.15) is 37.7 Å². The molecule has 2 aliphatic rings. The molecule has 30 heavy (non-hydrogen) atoms. The van der Waals surface area contributed by atoms with Crippen molar-refractivity contribution >= 4 is 22.6 Å². The molecule has 1 amide bonds. The number of halogens is 2. The van der Waals surface area contributed by atoms with Crippen molar-refractivity contribution in [1.29, 1.82) is 5.26 Å². The average molecular weight is 416 g/mol. The summed E-state index contributed by atoms with van der Waals surface area (Å²) >= 11 is 0. The summed E-state index contributed by atoms with van der Waals surface area (Å²) in [5, 5.41) is 16.4. The molecule has 7 nitrogen and oxygen atoms in total. The van der Waals surface area contributed by atoms with Gasteiger partial charge in [-0.3, -0.25) is 4.79 Å². The highest BCUT2D eigenvalue weighted by Crippen LogP contribution is 2.25. The van der Waals surface area contributed by atoms with Gasteiger partial charge in [-0.05, 0) is 31.0 Å². The molecule has 0 atom stereocenters. The first-order valence-corrected chi connectivity index (χ1v) is 10.3. The molecule has 0 bridgehead atoms. The molecule has 2 N–H and O–H groups in total. The molecule has 1 aromatic carbocycles. The lowest BCUT2D eigenvalue weighted by atomic mass is 9.95. The third kappa shape index (κ3) is 5.83. The van der Waals surface area contributed by atoms with E-state index >= 15 is 0 Å². The van der Waals surface area contributed by atoms with Crippen LogP contribution in [0, 0.1) is 11.3 Å². The van der Waals surface area contributed by atoms with Gasteiger partial charge in [0.15, 0.2) is 0 Å². The van der Waals surface area contributed by atoms with E-state index in [9.17, 15) is 13.6 Å². The minimum atomic E-state index is -2.85. The molecule has 9 heteroatoms. The van der Waals surface area contributed by atoms with Gasteiger partial charge in [-0.2, -0.15) is 14.0 Å². The molecule has 0 unspecified atom stereocenters. The number of carbonyl (C=O) groups is 1. The smallest absolute Gasteiger partial charge is 0.315 e. The number of hydrogen-bond donors (Lipinski definition) is 2. The van der Waals surface area contributed by atoms with Crippen LogP contribution in [-0.4, -0.2) is 59.4 Å². The molecule has 1 saturated carbocycles. The van der Waals surface area contributed by atoms with Crippen LogP contribution in [0.3, 0.4) is 0 Å². The van der Waals surface area contributed by atoms with Gasteiger partial charge in [0.25, 0.3) is 5.91 Å². The number of anilines is 1. The molecule has 1 aliphatic carbocycles. The second kappa shape index (κ2) is 10.8. The molecule has 4 rings (SSSR count). The Kier molecular flexibility index (Phi) is 7.85. The molecule has 0 radical (unpaired) electrons. The van der Waals surface area contributed by atoms with Gasteiger partial charge in [-0.15, -0.1) is 0 Å². The lowest BCUT2D eigenvalue weighted by Crippen LogP contribution is -2.48. The number of amides is 1. The van der Waals surface area contributed by atoms with E-state index < -0.39 is 12.3 Å². The first-order chi connectivity index (χ1) is 14.6. The lowest BCUT2D eigenvalue weighted by molar-refractivity contribution is -0.143. The van der Waals surface area contributed by atoms with Crippen LogP contribution in [0.4, 0.5) is 14.6 Å². The molecular formula is C21H26F2N6O. The maximum atomic E-state index is 11.8. The fourth-order valence-electron chi connectivity index (χ4n) is 3.70. The van der Waals surface area contributed by atoms with Gasteiger partial charge in [0.05, 0.1) is 17.1 Å². The largest absolute Gasteiger partial charge is 0.367 e. The second-order valence-electron chi connectivity index (χ2n) is 7.42. The Bertz CT molecular complexity index is 889. The number of nitrogens with zero attached hydrogens (tertiary/aromatic N) is 4. The maximum Gasteiger partial charge on any atom is 0.315 e. The van der Waals surface area contributed by atoms with E-state index in [1.165, 1.54) is 37.0 Å².